The molecule has 0 unspecified atom stereocenters. The van der Waals surface area contributed by atoms with Gasteiger partial charge in [-0.05, 0) is 36.6 Å². The minimum absolute atomic E-state index is 0.0820. The zero-order valence-electron chi connectivity index (χ0n) is 13.0. The lowest BCUT2D eigenvalue weighted by molar-refractivity contribution is -0.141. The molecule has 0 bridgehead atoms. The van der Waals surface area contributed by atoms with Gasteiger partial charge in [-0.15, -0.1) is 0 Å². The molecule has 0 saturated carbocycles. The Kier molecular flexibility index (Phi) is 5.18. The molecule has 2 aromatic rings. The number of likely N-dealkylation sites (N-methyl/N-ethyl adjacent to an activating group) is 1. The van der Waals surface area contributed by atoms with Crippen molar-refractivity contribution in [3.63, 3.8) is 0 Å². The normalized spacial score (nSPS) is 13.0. The van der Waals surface area contributed by atoms with Crippen LogP contribution in [0.25, 0.3) is 0 Å². The first kappa shape index (κ1) is 17.2. The van der Waals surface area contributed by atoms with Crippen LogP contribution in [0.2, 0.25) is 0 Å². The van der Waals surface area contributed by atoms with Gasteiger partial charge in [-0.2, -0.15) is 4.31 Å². The van der Waals surface area contributed by atoms with E-state index in [9.17, 15) is 18.3 Å². The number of aryl methyl sites for hydroxylation is 1. The summed E-state index contributed by atoms with van der Waals surface area (Å²) in [5.74, 6) is -1.17. The van der Waals surface area contributed by atoms with E-state index < -0.39 is 22.0 Å². The van der Waals surface area contributed by atoms with Crippen molar-refractivity contribution >= 4 is 16.0 Å². The first-order valence-electron chi connectivity index (χ1n) is 7.14. The van der Waals surface area contributed by atoms with Crippen LogP contribution in [0.3, 0.4) is 0 Å². The summed E-state index contributed by atoms with van der Waals surface area (Å²) in [6.45, 7) is 1.87. The Bertz CT molecular complexity index is 787. The SMILES string of the molecule is Cc1ccccc1C[C@H](C(=O)O)N(C)S(=O)(=O)c1ccccc1. The van der Waals surface area contributed by atoms with E-state index in [1.165, 1.54) is 19.2 Å². The molecule has 0 fully saturated rings. The highest BCUT2D eigenvalue weighted by Crippen LogP contribution is 2.20. The Morgan fingerprint density at radius 1 is 1.09 bits per heavy atom. The van der Waals surface area contributed by atoms with Gasteiger partial charge in [0.15, 0.2) is 0 Å². The average molecular weight is 333 g/mol. The number of sulfonamides is 1. The summed E-state index contributed by atoms with van der Waals surface area (Å²) in [6.07, 6.45) is 0.116. The number of nitrogens with zero attached hydrogens (tertiary/aromatic N) is 1. The molecule has 0 heterocycles. The Hall–Kier alpha value is -2.18. The highest BCUT2D eigenvalue weighted by molar-refractivity contribution is 7.89. The molecule has 1 N–H and O–H groups in total. The summed E-state index contributed by atoms with van der Waals surface area (Å²) >= 11 is 0. The van der Waals surface area contributed by atoms with E-state index in [1.807, 2.05) is 31.2 Å². The van der Waals surface area contributed by atoms with E-state index in [2.05, 4.69) is 0 Å². The molecule has 1 atom stereocenters. The summed E-state index contributed by atoms with van der Waals surface area (Å²) in [6, 6.07) is 14.0. The molecule has 0 amide bonds. The van der Waals surface area contributed by atoms with Crippen LogP contribution >= 0.6 is 0 Å². The van der Waals surface area contributed by atoms with Gasteiger partial charge in [0.25, 0.3) is 0 Å². The summed E-state index contributed by atoms with van der Waals surface area (Å²) < 4.78 is 26.2. The van der Waals surface area contributed by atoms with E-state index in [-0.39, 0.29) is 11.3 Å². The Balaban J connectivity index is 2.35. The van der Waals surface area contributed by atoms with E-state index in [0.29, 0.717) is 0 Å². The minimum Gasteiger partial charge on any atom is -0.480 e. The third-order valence-corrected chi connectivity index (χ3v) is 5.70. The molecule has 0 aliphatic heterocycles. The number of benzene rings is 2. The molecular formula is C17H19NO4S. The summed E-state index contributed by atoms with van der Waals surface area (Å²) in [5, 5.41) is 9.50. The van der Waals surface area contributed by atoms with E-state index >= 15 is 0 Å². The van der Waals surface area contributed by atoms with Gasteiger partial charge < -0.3 is 5.11 Å². The molecule has 0 radical (unpaired) electrons. The third-order valence-electron chi connectivity index (χ3n) is 3.82. The van der Waals surface area contributed by atoms with Crippen LogP contribution in [-0.4, -0.2) is 36.9 Å². The average Bonchev–Trinajstić information content (AvgIpc) is 2.54. The van der Waals surface area contributed by atoms with Crippen LogP contribution in [0.4, 0.5) is 0 Å². The Morgan fingerprint density at radius 2 is 1.65 bits per heavy atom. The van der Waals surface area contributed by atoms with Crippen LogP contribution < -0.4 is 0 Å². The van der Waals surface area contributed by atoms with Gasteiger partial charge >= 0.3 is 5.97 Å². The molecular weight excluding hydrogens is 314 g/mol. The van der Waals surface area contributed by atoms with Crippen molar-refractivity contribution in [2.45, 2.75) is 24.3 Å². The molecule has 23 heavy (non-hydrogen) atoms. The van der Waals surface area contributed by atoms with Gasteiger partial charge in [-0.3, -0.25) is 4.79 Å². The van der Waals surface area contributed by atoms with Crippen molar-refractivity contribution in [2.24, 2.45) is 0 Å². The number of hydrogen-bond acceptors (Lipinski definition) is 3. The van der Waals surface area contributed by atoms with E-state index in [0.717, 1.165) is 15.4 Å². The number of aliphatic carboxylic acids is 1. The predicted octanol–water partition coefficient (Wildman–Crippen LogP) is 2.31. The standard InChI is InChI=1S/C17H19NO4S/c1-13-8-6-7-9-14(13)12-16(17(19)20)18(2)23(21,22)15-10-4-3-5-11-15/h3-11,16H,12H2,1-2H3,(H,19,20)/t16-/m1/s1. The Morgan fingerprint density at radius 3 is 2.22 bits per heavy atom. The molecule has 2 aromatic carbocycles. The summed E-state index contributed by atoms with van der Waals surface area (Å²) in [7, 11) is -2.56. The van der Waals surface area contributed by atoms with Gasteiger partial charge in [-0.25, -0.2) is 8.42 Å². The second-order valence-electron chi connectivity index (χ2n) is 5.32. The van der Waals surface area contributed by atoms with Crippen molar-refractivity contribution < 1.29 is 18.3 Å². The highest BCUT2D eigenvalue weighted by atomic mass is 32.2. The molecule has 0 spiro atoms. The maximum absolute atomic E-state index is 12.6. The number of rotatable bonds is 6. The number of carbonyl (C=O) groups is 1. The summed E-state index contributed by atoms with van der Waals surface area (Å²) in [4.78, 5) is 11.7. The molecule has 2 rings (SSSR count). The van der Waals surface area contributed by atoms with Gasteiger partial charge in [0.05, 0.1) is 4.90 Å². The first-order chi connectivity index (χ1) is 10.8. The molecule has 5 nitrogen and oxygen atoms in total. The fraction of sp³-hybridized carbons (Fsp3) is 0.235. The van der Waals surface area contributed by atoms with Crippen LogP contribution in [0.5, 0.6) is 0 Å². The van der Waals surface area contributed by atoms with E-state index in [4.69, 9.17) is 0 Å². The predicted molar refractivity (Wildman–Crippen MR) is 87.7 cm³/mol. The quantitative estimate of drug-likeness (QED) is 0.880. The van der Waals surface area contributed by atoms with Crippen LogP contribution in [0.1, 0.15) is 11.1 Å². The van der Waals surface area contributed by atoms with Gasteiger partial charge in [0.2, 0.25) is 10.0 Å². The maximum Gasteiger partial charge on any atom is 0.322 e. The van der Waals surface area contributed by atoms with Gasteiger partial charge in [0.1, 0.15) is 6.04 Å². The maximum atomic E-state index is 12.6. The van der Waals surface area contributed by atoms with Crippen molar-refractivity contribution in [3.8, 4) is 0 Å². The molecule has 0 aliphatic carbocycles. The lowest BCUT2D eigenvalue weighted by Crippen LogP contribution is -2.43. The fourth-order valence-electron chi connectivity index (χ4n) is 2.35. The fourth-order valence-corrected chi connectivity index (χ4v) is 3.68. The zero-order chi connectivity index (χ0) is 17.0. The lowest BCUT2D eigenvalue weighted by Gasteiger charge is -2.25. The molecule has 122 valence electrons. The highest BCUT2D eigenvalue weighted by Gasteiger charge is 2.33. The van der Waals surface area contributed by atoms with E-state index in [1.54, 1.807) is 18.2 Å². The van der Waals surface area contributed by atoms with Crippen molar-refractivity contribution in [3.05, 3.63) is 65.7 Å². The number of carboxylic acids is 1. The molecule has 0 saturated heterocycles. The minimum atomic E-state index is -3.86. The molecule has 0 aliphatic rings. The number of carboxylic acid groups (broad SMARTS) is 1. The number of hydrogen-bond donors (Lipinski definition) is 1. The Labute approximate surface area is 136 Å². The van der Waals surface area contributed by atoms with Gasteiger partial charge in [0, 0.05) is 7.05 Å². The lowest BCUT2D eigenvalue weighted by atomic mass is 10.0. The van der Waals surface area contributed by atoms with Crippen LogP contribution in [0, 0.1) is 6.92 Å². The smallest absolute Gasteiger partial charge is 0.322 e. The topological polar surface area (TPSA) is 74.7 Å². The second kappa shape index (κ2) is 6.93. The van der Waals surface area contributed by atoms with Gasteiger partial charge in [-0.1, -0.05) is 42.5 Å². The zero-order valence-corrected chi connectivity index (χ0v) is 13.8. The summed E-state index contributed by atoms with van der Waals surface area (Å²) in [5.41, 5.74) is 1.75. The van der Waals surface area contributed by atoms with Crippen molar-refractivity contribution in [1.82, 2.24) is 4.31 Å². The molecule has 6 heteroatoms. The first-order valence-corrected chi connectivity index (χ1v) is 8.58. The third kappa shape index (κ3) is 3.78. The van der Waals surface area contributed by atoms with Crippen molar-refractivity contribution in [1.29, 1.82) is 0 Å². The van der Waals surface area contributed by atoms with Crippen LogP contribution in [-0.2, 0) is 21.2 Å². The monoisotopic (exact) mass is 333 g/mol. The second-order valence-corrected chi connectivity index (χ2v) is 7.32. The van der Waals surface area contributed by atoms with Crippen molar-refractivity contribution in [2.75, 3.05) is 7.05 Å². The largest absolute Gasteiger partial charge is 0.480 e. The molecule has 0 aromatic heterocycles. The van der Waals surface area contributed by atoms with Crippen LogP contribution in [0.15, 0.2) is 59.5 Å².